The van der Waals surface area contributed by atoms with E-state index in [-0.39, 0.29) is 6.61 Å². The molecule has 1 unspecified atom stereocenters. The molecule has 0 radical (unpaired) electrons. The number of hydrogen-bond acceptors (Lipinski definition) is 4. The zero-order valence-corrected chi connectivity index (χ0v) is 9.16. The van der Waals surface area contributed by atoms with Gasteiger partial charge in [-0.25, -0.2) is 0 Å². The minimum Gasteiger partial charge on any atom is -0.491 e. The number of hydrogen-bond donors (Lipinski definition) is 0. The van der Waals surface area contributed by atoms with E-state index in [1.807, 2.05) is 24.3 Å². The van der Waals surface area contributed by atoms with E-state index in [0.717, 1.165) is 17.6 Å². The van der Waals surface area contributed by atoms with Gasteiger partial charge in [0.25, 0.3) is 10.1 Å². The van der Waals surface area contributed by atoms with Crippen LogP contribution in [0, 0.1) is 0 Å². The van der Waals surface area contributed by atoms with Crippen LogP contribution in [0.25, 0.3) is 0 Å². The maximum Gasteiger partial charge on any atom is 0.264 e. The maximum atomic E-state index is 10.9. The van der Waals surface area contributed by atoms with Gasteiger partial charge in [-0.15, -0.1) is 0 Å². The van der Waals surface area contributed by atoms with E-state index >= 15 is 0 Å². The lowest BCUT2D eigenvalue weighted by Crippen LogP contribution is -2.30. The molecule has 1 aliphatic rings. The highest BCUT2D eigenvalue weighted by Gasteiger charge is 2.23. The molecule has 0 spiro atoms. The van der Waals surface area contributed by atoms with Gasteiger partial charge in [-0.1, -0.05) is 18.2 Å². The second kappa shape index (κ2) is 3.83. The number of ether oxygens (including phenoxy) is 1. The van der Waals surface area contributed by atoms with Gasteiger partial charge in [0.15, 0.2) is 0 Å². The Balaban J connectivity index is 2.12. The molecule has 2 rings (SSSR count). The molecule has 1 aromatic carbocycles. The first-order chi connectivity index (χ1) is 7.04. The predicted octanol–water partition coefficient (Wildman–Crippen LogP) is 0.966. The van der Waals surface area contributed by atoms with Crippen molar-refractivity contribution in [2.45, 2.75) is 12.5 Å². The summed E-state index contributed by atoms with van der Waals surface area (Å²) < 4.78 is 32.1. The molecule has 0 aliphatic carbocycles. The van der Waals surface area contributed by atoms with Crippen molar-refractivity contribution in [2.24, 2.45) is 0 Å². The molecule has 0 amide bonds. The van der Waals surface area contributed by atoms with Crippen molar-refractivity contribution in [3.8, 4) is 5.75 Å². The van der Waals surface area contributed by atoms with E-state index in [1.54, 1.807) is 0 Å². The number of benzene rings is 1. The lowest BCUT2D eigenvalue weighted by atomic mass is 10.1. The summed E-state index contributed by atoms with van der Waals surface area (Å²) in [7, 11) is -3.41. The third kappa shape index (κ3) is 2.70. The average molecular weight is 228 g/mol. The van der Waals surface area contributed by atoms with Gasteiger partial charge >= 0.3 is 0 Å². The molecule has 1 aliphatic heterocycles. The van der Waals surface area contributed by atoms with E-state index < -0.39 is 16.2 Å². The van der Waals surface area contributed by atoms with Gasteiger partial charge in [0.1, 0.15) is 18.5 Å². The molecule has 1 heterocycles. The molecular formula is C10H12O4S. The number of para-hydroxylation sites is 1. The topological polar surface area (TPSA) is 52.6 Å². The quantitative estimate of drug-likeness (QED) is 0.708. The highest BCUT2D eigenvalue weighted by Crippen LogP contribution is 2.25. The fourth-order valence-corrected chi connectivity index (χ4v) is 2.23. The molecule has 0 aromatic heterocycles. The minimum atomic E-state index is -3.41. The van der Waals surface area contributed by atoms with Crippen molar-refractivity contribution in [3.63, 3.8) is 0 Å². The summed E-state index contributed by atoms with van der Waals surface area (Å²) in [6.07, 6.45) is 1.21. The van der Waals surface area contributed by atoms with Gasteiger partial charge in [0.05, 0.1) is 6.26 Å². The van der Waals surface area contributed by atoms with Crippen LogP contribution in [0.4, 0.5) is 0 Å². The Kier molecular flexibility index (Phi) is 2.67. The van der Waals surface area contributed by atoms with Crippen LogP contribution in [0.2, 0.25) is 0 Å². The van der Waals surface area contributed by atoms with Crippen LogP contribution in [0.1, 0.15) is 5.56 Å². The van der Waals surface area contributed by atoms with Gasteiger partial charge in [-0.3, -0.25) is 4.18 Å². The smallest absolute Gasteiger partial charge is 0.264 e. The summed E-state index contributed by atoms with van der Waals surface area (Å²) in [4.78, 5) is 0. The molecule has 0 N–H and O–H groups in total. The average Bonchev–Trinajstić information content (AvgIpc) is 2.15. The van der Waals surface area contributed by atoms with Crippen molar-refractivity contribution in [3.05, 3.63) is 29.8 Å². The summed E-state index contributed by atoms with van der Waals surface area (Å²) >= 11 is 0. The standard InChI is InChI=1S/C10H12O4S/c1-15(11,12)14-9-6-8-4-2-3-5-10(8)13-7-9/h2-5,9H,6-7H2,1H3. The normalized spacial score (nSPS) is 20.5. The van der Waals surface area contributed by atoms with Crippen molar-refractivity contribution in [1.29, 1.82) is 0 Å². The highest BCUT2D eigenvalue weighted by atomic mass is 32.2. The van der Waals surface area contributed by atoms with Crippen LogP contribution in [0.5, 0.6) is 5.75 Å². The van der Waals surface area contributed by atoms with Crippen LogP contribution in [-0.2, 0) is 20.7 Å². The lowest BCUT2D eigenvalue weighted by Gasteiger charge is -2.24. The predicted molar refractivity (Wildman–Crippen MR) is 55.4 cm³/mol. The van der Waals surface area contributed by atoms with Gasteiger partial charge in [-0.05, 0) is 11.6 Å². The lowest BCUT2D eigenvalue weighted by molar-refractivity contribution is 0.119. The molecule has 15 heavy (non-hydrogen) atoms. The molecular weight excluding hydrogens is 216 g/mol. The van der Waals surface area contributed by atoms with E-state index in [0.29, 0.717) is 6.42 Å². The largest absolute Gasteiger partial charge is 0.491 e. The summed E-state index contributed by atoms with van der Waals surface area (Å²) in [5.41, 5.74) is 0.984. The molecule has 1 aromatic rings. The van der Waals surface area contributed by atoms with Crippen LogP contribution >= 0.6 is 0 Å². The van der Waals surface area contributed by atoms with Gasteiger partial charge in [0.2, 0.25) is 0 Å². The van der Waals surface area contributed by atoms with E-state index in [9.17, 15) is 8.42 Å². The first-order valence-electron chi connectivity index (χ1n) is 4.63. The van der Waals surface area contributed by atoms with Gasteiger partial charge in [0, 0.05) is 6.42 Å². The van der Waals surface area contributed by atoms with E-state index in [1.165, 1.54) is 0 Å². The van der Waals surface area contributed by atoms with Crippen molar-refractivity contribution < 1.29 is 17.3 Å². The Morgan fingerprint density at radius 1 is 1.40 bits per heavy atom. The molecule has 4 nitrogen and oxygen atoms in total. The van der Waals surface area contributed by atoms with Crippen molar-refractivity contribution in [2.75, 3.05) is 12.9 Å². The Hall–Kier alpha value is -1.07. The summed E-state index contributed by atoms with van der Waals surface area (Å²) in [5, 5.41) is 0. The first kappa shape index (κ1) is 10.4. The van der Waals surface area contributed by atoms with Crippen LogP contribution in [0.3, 0.4) is 0 Å². The van der Waals surface area contributed by atoms with Crippen LogP contribution in [0.15, 0.2) is 24.3 Å². The fourth-order valence-electron chi connectivity index (χ4n) is 1.61. The molecule has 0 saturated carbocycles. The zero-order valence-electron chi connectivity index (χ0n) is 8.34. The van der Waals surface area contributed by atoms with Crippen molar-refractivity contribution >= 4 is 10.1 Å². The van der Waals surface area contributed by atoms with Gasteiger partial charge < -0.3 is 4.74 Å². The highest BCUT2D eigenvalue weighted by molar-refractivity contribution is 7.86. The molecule has 5 heteroatoms. The zero-order chi connectivity index (χ0) is 10.9. The Bertz CT molecular complexity index is 452. The summed E-state index contributed by atoms with van der Waals surface area (Å²) in [6, 6.07) is 7.56. The monoisotopic (exact) mass is 228 g/mol. The number of rotatable bonds is 2. The van der Waals surface area contributed by atoms with E-state index in [4.69, 9.17) is 8.92 Å². The summed E-state index contributed by atoms with van der Waals surface area (Å²) in [5.74, 6) is 0.811. The Labute approximate surface area is 88.9 Å². The molecule has 0 saturated heterocycles. The van der Waals surface area contributed by atoms with Crippen molar-refractivity contribution in [1.82, 2.24) is 0 Å². The fraction of sp³-hybridized carbons (Fsp3) is 0.400. The summed E-state index contributed by atoms with van der Waals surface area (Å²) in [6.45, 7) is 0.282. The van der Waals surface area contributed by atoms with Crippen LogP contribution < -0.4 is 4.74 Å². The molecule has 0 fully saturated rings. The molecule has 0 bridgehead atoms. The third-order valence-corrected chi connectivity index (χ3v) is 2.78. The minimum absolute atomic E-state index is 0.282. The Morgan fingerprint density at radius 2 is 2.13 bits per heavy atom. The van der Waals surface area contributed by atoms with E-state index in [2.05, 4.69) is 0 Å². The second-order valence-corrected chi connectivity index (χ2v) is 5.15. The van der Waals surface area contributed by atoms with Crippen LogP contribution in [-0.4, -0.2) is 27.4 Å². The molecule has 1 atom stereocenters. The maximum absolute atomic E-state index is 10.9. The SMILES string of the molecule is CS(=O)(=O)OC1COc2ccccc2C1. The molecule has 82 valence electrons. The third-order valence-electron chi connectivity index (χ3n) is 2.16. The van der Waals surface area contributed by atoms with Gasteiger partial charge in [-0.2, -0.15) is 8.42 Å². The Morgan fingerprint density at radius 3 is 2.87 bits per heavy atom. The first-order valence-corrected chi connectivity index (χ1v) is 6.45. The second-order valence-electron chi connectivity index (χ2n) is 3.55. The number of fused-ring (bicyclic) bond motifs is 1.